The number of carbonyl (C=O) groups excluding carboxylic acids is 2. The first kappa shape index (κ1) is 22.2. The molecule has 34 heavy (non-hydrogen) atoms. The van der Waals surface area contributed by atoms with Gasteiger partial charge in [-0.1, -0.05) is 25.1 Å². The Morgan fingerprint density at radius 1 is 1.24 bits per heavy atom. The van der Waals surface area contributed by atoms with Gasteiger partial charge in [0.2, 0.25) is 5.91 Å². The highest BCUT2D eigenvalue weighted by Crippen LogP contribution is 2.28. The fraction of sp³-hybridized carbons (Fsp3) is 0.320. The van der Waals surface area contributed by atoms with Gasteiger partial charge in [0.15, 0.2) is 0 Å². The predicted octanol–water partition coefficient (Wildman–Crippen LogP) is 3.83. The lowest BCUT2D eigenvalue weighted by atomic mass is 10.0. The molecule has 1 saturated heterocycles. The Kier molecular flexibility index (Phi) is 5.87. The highest BCUT2D eigenvalue weighted by molar-refractivity contribution is 7.20. The molecule has 4 aromatic rings. The first-order chi connectivity index (χ1) is 16.4. The van der Waals surface area contributed by atoms with Crippen LogP contribution in [0, 0.1) is 12.8 Å². The third-order valence-corrected chi connectivity index (χ3v) is 7.49. The number of amides is 2. The number of anilines is 1. The van der Waals surface area contributed by atoms with Crippen LogP contribution in [0.3, 0.4) is 0 Å². The molecule has 1 aliphatic rings. The number of benzene rings is 1. The van der Waals surface area contributed by atoms with E-state index in [1.54, 1.807) is 13.1 Å². The summed E-state index contributed by atoms with van der Waals surface area (Å²) in [6, 6.07) is 9.53. The van der Waals surface area contributed by atoms with Crippen LogP contribution < -0.4 is 10.9 Å². The predicted molar refractivity (Wildman–Crippen MR) is 133 cm³/mol. The minimum Gasteiger partial charge on any atom is -0.341 e. The number of pyridine rings is 1. The molecule has 1 N–H and O–H groups in total. The standard InChI is InChI=1S/C25H25N5O3S/c1-15-6-5-9-29(12-15)20(31)13-30-14-27-24-21(25(30)33)16(2)22(34-24)23(32)28-18-10-17-7-3-4-8-19(17)26-11-18/h3-4,7-8,10-11,14-15H,5-6,9,12-13H2,1-2H3,(H,28,32)/t15-/m1/s1. The van der Waals surface area contributed by atoms with Crippen molar-refractivity contribution >= 4 is 50.0 Å². The first-order valence-electron chi connectivity index (χ1n) is 11.3. The molecular weight excluding hydrogens is 450 g/mol. The van der Waals surface area contributed by atoms with Crippen molar-refractivity contribution in [2.75, 3.05) is 18.4 Å². The van der Waals surface area contributed by atoms with Gasteiger partial charge in [0, 0.05) is 18.5 Å². The van der Waals surface area contributed by atoms with E-state index in [1.165, 1.54) is 22.2 Å². The molecule has 1 fully saturated rings. The summed E-state index contributed by atoms with van der Waals surface area (Å²) in [6.45, 7) is 5.27. The van der Waals surface area contributed by atoms with Crippen LogP contribution in [0.1, 0.15) is 35.0 Å². The topological polar surface area (TPSA) is 97.2 Å². The van der Waals surface area contributed by atoms with Crippen LogP contribution in [0.5, 0.6) is 0 Å². The van der Waals surface area contributed by atoms with E-state index in [0.717, 1.165) is 30.3 Å². The molecule has 0 spiro atoms. The molecule has 1 atom stereocenters. The third-order valence-electron chi connectivity index (χ3n) is 6.29. The fourth-order valence-corrected chi connectivity index (χ4v) is 5.51. The molecule has 0 radical (unpaired) electrons. The average molecular weight is 476 g/mol. The van der Waals surface area contributed by atoms with E-state index >= 15 is 0 Å². The van der Waals surface area contributed by atoms with Gasteiger partial charge in [0.05, 0.1) is 34.0 Å². The molecule has 5 rings (SSSR count). The van der Waals surface area contributed by atoms with Crippen LogP contribution in [-0.2, 0) is 11.3 Å². The molecular formula is C25H25N5O3S. The van der Waals surface area contributed by atoms with Crippen molar-refractivity contribution in [1.29, 1.82) is 0 Å². The van der Waals surface area contributed by atoms with Gasteiger partial charge in [-0.15, -0.1) is 11.3 Å². The number of hydrogen-bond donors (Lipinski definition) is 1. The van der Waals surface area contributed by atoms with Crippen molar-refractivity contribution in [2.24, 2.45) is 5.92 Å². The summed E-state index contributed by atoms with van der Waals surface area (Å²) in [4.78, 5) is 50.5. The van der Waals surface area contributed by atoms with Crippen LogP contribution in [0.2, 0.25) is 0 Å². The summed E-state index contributed by atoms with van der Waals surface area (Å²) in [5, 5.41) is 4.18. The Morgan fingerprint density at radius 2 is 2.06 bits per heavy atom. The summed E-state index contributed by atoms with van der Waals surface area (Å²) in [6.07, 6.45) is 5.11. The number of carbonyl (C=O) groups is 2. The van der Waals surface area contributed by atoms with Gasteiger partial charge in [-0.05, 0) is 43.4 Å². The maximum absolute atomic E-state index is 13.2. The van der Waals surface area contributed by atoms with Gasteiger partial charge in [-0.25, -0.2) is 4.98 Å². The molecule has 3 aromatic heterocycles. The third kappa shape index (κ3) is 4.19. The molecule has 4 heterocycles. The second kappa shape index (κ2) is 8.98. The number of nitrogens with zero attached hydrogens (tertiary/aromatic N) is 4. The molecule has 174 valence electrons. The van der Waals surface area contributed by atoms with Crippen LogP contribution >= 0.6 is 11.3 Å². The van der Waals surface area contributed by atoms with Crippen molar-refractivity contribution in [3.05, 3.63) is 63.7 Å². The molecule has 0 aliphatic carbocycles. The van der Waals surface area contributed by atoms with E-state index < -0.39 is 0 Å². The quantitative estimate of drug-likeness (QED) is 0.484. The van der Waals surface area contributed by atoms with Crippen LogP contribution in [0.25, 0.3) is 21.1 Å². The maximum atomic E-state index is 13.2. The Bertz CT molecular complexity index is 1470. The fourth-order valence-electron chi connectivity index (χ4n) is 4.48. The van der Waals surface area contributed by atoms with Gasteiger partial charge < -0.3 is 10.2 Å². The van der Waals surface area contributed by atoms with Gasteiger partial charge >= 0.3 is 0 Å². The number of fused-ring (bicyclic) bond motifs is 2. The molecule has 1 aromatic carbocycles. The summed E-state index contributed by atoms with van der Waals surface area (Å²) in [5.74, 6) is 0.0689. The number of likely N-dealkylation sites (tertiary alicyclic amines) is 1. The van der Waals surface area contributed by atoms with Crippen molar-refractivity contribution in [1.82, 2.24) is 19.4 Å². The lowest BCUT2D eigenvalue weighted by molar-refractivity contribution is -0.133. The number of thiophene rings is 1. The van der Waals surface area contributed by atoms with Gasteiger partial charge in [0.25, 0.3) is 11.5 Å². The first-order valence-corrected chi connectivity index (χ1v) is 12.1. The zero-order chi connectivity index (χ0) is 23.8. The highest BCUT2D eigenvalue weighted by atomic mass is 32.1. The molecule has 2 amide bonds. The van der Waals surface area contributed by atoms with Crippen molar-refractivity contribution < 1.29 is 9.59 Å². The maximum Gasteiger partial charge on any atom is 0.266 e. The summed E-state index contributed by atoms with van der Waals surface area (Å²) in [5.41, 5.74) is 1.69. The molecule has 8 nitrogen and oxygen atoms in total. The van der Waals surface area contributed by atoms with E-state index in [-0.39, 0.29) is 23.9 Å². The number of aromatic nitrogens is 3. The monoisotopic (exact) mass is 475 g/mol. The van der Waals surface area contributed by atoms with Gasteiger partial charge in [-0.2, -0.15) is 0 Å². The number of hydrogen-bond acceptors (Lipinski definition) is 6. The van der Waals surface area contributed by atoms with Crippen LogP contribution in [-0.4, -0.2) is 44.3 Å². The largest absolute Gasteiger partial charge is 0.341 e. The molecule has 0 unspecified atom stereocenters. The second-order valence-electron chi connectivity index (χ2n) is 8.87. The van der Waals surface area contributed by atoms with E-state index in [1.807, 2.05) is 35.2 Å². The number of nitrogens with one attached hydrogen (secondary N) is 1. The summed E-state index contributed by atoms with van der Waals surface area (Å²) >= 11 is 1.17. The van der Waals surface area contributed by atoms with Crippen molar-refractivity contribution in [3.8, 4) is 0 Å². The zero-order valence-electron chi connectivity index (χ0n) is 19.1. The average Bonchev–Trinajstić information content (AvgIpc) is 3.18. The molecule has 1 aliphatic heterocycles. The minimum absolute atomic E-state index is 0.0476. The van der Waals surface area contributed by atoms with Crippen LogP contribution in [0.4, 0.5) is 5.69 Å². The van der Waals surface area contributed by atoms with Crippen LogP contribution in [0.15, 0.2) is 47.7 Å². The van der Waals surface area contributed by atoms with E-state index in [4.69, 9.17) is 0 Å². The number of piperidine rings is 1. The van der Waals surface area contributed by atoms with Gasteiger partial charge in [0.1, 0.15) is 11.4 Å². The number of para-hydroxylation sites is 1. The SMILES string of the molecule is Cc1c(C(=O)Nc2cnc3ccccc3c2)sc2ncn(CC(=O)N3CCC[C@@H](C)C3)c(=O)c12. The summed E-state index contributed by atoms with van der Waals surface area (Å²) < 4.78 is 1.35. The summed E-state index contributed by atoms with van der Waals surface area (Å²) in [7, 11) is 0. The van der Waals surface area contributed by atoms with Crippen molar-refractivity contribution in [3.63, 3.8) is 0 Å². The highest BCUT2D eigenvalue weighted by Gasteiger charge is 2.23. The smallest absolute Gasteiger partial charge is 0.266 e. The lowest BCUT2D eigenvalue weighted by Gasteiger charge is -2.31. The van der Waals surface area contributed by atoms with E-state index in [0.29, 0.717) is 38.8 Å². The second-order valence-corrected chi connectivity index (χ2v) is 9.87. The Labute approximate surface area is 200 Å². The Hall–Kier alpha value is -3.59. The Balaban J connectivity index is 1.40. The van der Waals surface area contributed by atoms with E-state index in [9.17, 15) is 14.4 Å². The zero-order valence-corrected chi connectivity index (χ0v) is 19.9. The number of aryl methyl sites for hydroxylation is 1. The Morgan fingerprint density at radius 3 is 2.88 bits per heavy atom. The molecule has 9 heteroatoms. The number of rotatable bonds is 4. The minimum atomic E-state index is -0.318. The normalized spacial score (nSPS) is 16.2. The van der Waals surface area contributed by atoms with E-state index in [2.05, 4.69) is 22.2 Å². The molecule has 0 saturated carbocycles. The molecule has 0 bridgehead atoms. The van der Waals surface area contributed by atoms with Crippen molar-refractivity contribution in [2.45, 2.75) is 33.2 Å². The lowest BCUT2D eigenvalue weighted by Crippen LogP contribution is -2.42. The van der Waals surface area contributed by atoms with Gasteiger partial charge in [-0.3, -0.25) is 23.9 Å².